The summed E-state index contributed by atoms with van der Waals surface area (Å²) in [5.74, 6) is 0.747. The molecule has 22 heavy (non-hydrogen) atoms. The quantitative estimate of drug-likeness (QED) is 0.705. The van der Waals surface area contributed by atoms with E-state index in [0.29, 0.717) is 11.3 Å². The summed E-state index contributed by atoms with van der Waals surface area (Å²) >= 11 is 0. The predicted octanol–water partition coefficient (Wildman–Crippen LogP) is 3.71. The van der Waals surface area contributed by atoms with Crippen LogP contribution in [0.25, 0.3) is 21.9 Å². The lowest BCUT2D eigenvalue weighted by atomic mass is 9.95. The molecule has 108 valence electrons. The summed E-state index contributed by atoms with van der Waals surface area (Å²) in [5, 5.41) is 14.3. The molecule has 0 bridgehead atoms. The molecule has 0 amide bonds. The van der Waals surface area contributed by atoms with Crippen LogP contribution in [0.4, 0.5) is 11.5 Å². The van der Waals surface area contributed by atoms with Crippen LogP contribution in [0.5, 0.6) is 0 Å². The molecule has 0 saturated carbocycles. The number of fused-ring (bicyclic) bond motifs is 1. The van der Waals surface area contributed by atoms with Crippen LogP contribution in [-0.2, 0) is 0 Å². The molecule has 1 heterocycles. The van der Waals surface area contributed by atoms with E-state index in [4.69, 9.17) is 5.73 Å². The number of hydrogen-bond donors (Lipinski definition) is 2. The van der Waals surface area contributed by atoms with Gasteiger partial charge in [-0.05, 0) is 53.9 Å². The number of aromatic nitrogens is 1. The Morgan fingerprint density at radius 2 is 2.00 bits per heavy atom. The second kappa shape index (κ2) is 5.38. The minimum Gasteiger partial charge on any atom is -0.399 e. The molecule has 3 N–H and O–H groups in total. The maximum absolute atomic E-state index is 9.48. The molecule has 0 fully saturated rings. The van der Waals surface area contributed by atoms with Crippen molar-refractivity contribution in [2.24, 2.45) is 0 Å². The SMILES string of the molecule is CNc1cc2c(C#N)cc(-c3cc(N)ccc3C)cc2cn1. The molecule has 0 aliphatic heterocycles. The lowest BCUT2D eigenvalue weighted by Crippen LogP contribution is -1.94. The van der Waals surface area contributed by atoms with Gasteiger partial charge in [-0.2, -0.15) is 5.26 Å². The van der Waals surface area contributed by atoms with Gasteiger partial charge >= 0.3 is 0 Å². The van der Waals surface area contributed by atoms with E-state index in [2.05, 4.69) is 16.4 Å². The van der Waals surface area contributed by atoms with Crippen molar-refractivity contribution in [2.75, 3.05) is 18.1 Å². The van der Waals surface area contributed by atoms with Crippen molar-refractivity contribution < 1.29 is 0 Å². The van der Waals surface area contributed by atoms with E-state index in [1.54, 1.807) is 6.20 Å². The number of nitrogens with two attached hydrogens (primary N) is 1. The summed E-state index contributed by atoms with van der Waals surface area (Å²) in [6, 6.07) is 13.9. The van der Waals surface area contributed by atoms with Gasteiger partial charge in [-0.3, -0.25) is 0 Å². The van der Waals surface area contributed by atoms with Gasteiger partial charge in [-0.25, -0.2) is 4.98 Å². The van der Waals surface area contributed by atoms with Gasteiger partial charge in [0.25, 0.3) is 0 Å². The van der Waals surface area contributed by atoms with Crippen molar-refractivity contribution in [1.29, 1.82) is 5.26 Å². The zero-order chi connectivity index (χ0) is 15.7. The first-order valence-electron chi connectivity index (χ1n) is 7.00. The van der Waals surface area contributed by atoms with Gasteiger partial charge in [0.15, 0.2) is 0 Å². The van der Waals surface area contributed by atoms with Crippen LogP contribution in [0, 0.1) is 18.3 Å². The number of anilines is 2. The summed E-state index contributed by atoms with van der Waals surface area (Å²) in [5.41, 5.74) is 10.4. The molecule has 0 radical (unpaired) electrons. The summed E-state index contributed by atoms with van der Waals surface area (Å²) in [7, 11) is 1.81. The Bertz CT molecular complexity index is 907. The number of nitrogens with zero attached hydrogens (tertiary/aromatic N) is 2. The minimum atomic E-state index is 0.633. The van der Waals surface area contributed by atoms with Crippen molar-refractivity contribution in [1.82, 2.24) is 4.98 Å². The molecule has 3 aromatic rings. The van der Waals surface area contributed by atoms with E-state index in [1.165, 1.54) is 0 Å². The molecule has 0 atom stereocenters. The van der Waals surface area contributed by atoms with Crippen LogP contribution in [0.3, 0.4) is 0 Å². The van der Waals surface area contributed by atoms with Gasteiger partial charge < -0.3 is 11.1 Å². The first-order chi connectivity index (χ1) is 10.6. The lowest BCUT2D eigenvalue weighted by Gasteiger charge is -2.10. The minimum absolute atomic E-state index is 0.633. The van der Waals surface area contributed by atoms with Crippen molar-refractivity contribution in [3.05, 3.63) is 53.7 Å². The van der Waals surface area contributed by atoms with Gasteiger partial charge in [-0.1, -0.05) is 6.07 Å². The van der Waals surface area contributed by atoms with Crippen LogP contribution < -0.4 is 11.1 Å². The second-order valence-electron chi connectivity index (χ2n) is 5.25. The van der Waals surface area contributed by atoms with Crippen molar-refractivity contribution in [3.63, 3.8) is 0 Å². The number of rotatable bonds is 2. The lowest BCUT2D eigenvalue weighted by molar-refractivity contribution is 1.31. The van der Waals surface area contributed by atoms with Gasteiger partial charge in [-0.15, -0.1) is 0 Å². The van der Waals surface area contributed by atoms with Crippen molar-refractivity contribution >= 4 is 22.3 Å². The smallest absolute Gasteiger partial charge is 0.126 e. The van der Waals surface area contributed by atoms with Gasteiger partial charge in [0.05, 0.1) is 11.6 Å². The fraction of sp³-hybridized carbons (Fsp3) is 0.111. The standard InChI is InChI=1S/C18H16N4/c1-11-3-4-15(20)7-16(11)12-5-13(9-19)17-8-18(21-2)22-10-14(17)6-12/h3-8,10H,20H2,1-2H3,(H,21,22). The molecule has 0 aliphatic carbocycles. The van der Waals surface area contributed by atoms with Crippen LogP contribution in [-0.4, -0.2) is 12.0 Å². The molecule has 0 spiro atoms. The Morgan fingerprint density at radius 1 is 1.18 bits per heavy atom. The summed E-state index contributed by atoms with van der Waals surface area (Å²) in [6.07, 6.45) is 1.78. The Morgan fingerprint density at radius 3 is 2.73 bits per heavy atom. The molecule has 3 rings (SSSR count). The van der Waals surface area contributed by atoms with Crippen LogP contribution in [0.1, 0.15) is 11.1 Å². The normalized spacial score (nSPS) is 10.4. The molecular weight excluding hydrogens is 272 g/mol. The van der Waals surface area contributed by atoms with Crippen molar-refractivity contribution in [3.8, 4) is 17.2 Å². The van der Waals surface area contributed by atoms with Crippen LogP contribution >= 0.6 is 0 Å². The molecule has 4 heteroatoms. The highest BCUT2D eigenvalue weighted by molar-refractivity contribution is 5.93. The summed E-state index contributed by atoms with van der Waals surface area (Å²) < 4.78 is 0. The first kappa shape index (κ1) is 13.9. The third-order valence-electron chi connectivity index (χ3n) is 3.79. The average Bonchev–Trinajstić information content (AvgIpc) is 2.55. The maximum atomic E-state index is 9.48. The molecular formula is C18H16N4. The van der Waals surface area contributed by atoms with E-state index >= 15 is 0 Å². The first-order valence-corrected chi connectivity index (χ1v) is 7.00. The fourth-order valence-electron chi connectivity index (χ4n) is 2.59. The molecule has 0 unspecified atom stereocenters. The molecule has 0 saturated heterocycles. The second-order valence-corrected chi connectivity index (χ2v) is 5.25. The Balaban J connectivity index is 2.29. The molecule has 1 aromatic heterocycles. The molecule has 2 aromatic carbocycles. The number of hydrogen-bond acceptors (Lipinski definition) is 4. The topological polar surface area (TPSA) is 74.7 Å². The van der Waals surface area contributed by atoms with Crippen LogP contribution in [0.15, 0.2) is 42.6 Å². The van der Waals surface area contributed by atoms with E-state index in [9.17, 15) is 5.26 Å². The highest BCUT2D eigenvalue weighted by Gasteiger charge is 2.09. The Labute approximate surface area is 129 Å². The van der Waals surface area contributed by atoms with Crippen molar-refractivity contribution in [2.45, 2.75) is 6.92 Å². The number of aryl methyl sites for hydroxylation is 1. The van der Waals surface area contributed by atoms with Gasteiger partial charge in [0, 0.05) is 29.7 Å². The predicted molar refractivity (Wildman–Crippen MR) is 90.6 cm³/mol. The fourth-order valence-corrected chi connectivity index (χ4v) is 2.59. The van der Waals surface area contributed by atoms with Crippen LogP contribution in [0.2, 0.25) is 0 Å². The highest BCUT2D eigenvalue weighted by Crippen LogP contribution is 2.31. The van der Waals surface area contributed by atoms with Gasteiger partial charge in [0.1, 0.15) is 5.82 Å². The number of benzene rings is 2. The number of pyridine rings is 1. The summed E-state index contributed by atoms with van der Waals surface area (Å²) in [6.45, 7) is 2.04. The third kappa shape index (κ3) is 2.33. The largest absolute Gasteiger partial charge is 0.399 e. The molecule has 0 aliphatic rings. The van der Waals surface area contributed by atoms with E-state index in [-0.39, 0.29) is 0 Å². The monoisotopic (exact) mass is 288 g/mol. The average molecular weight is 288 g/mol. The number of nitriles is 1. The maximum Gasteiger partial charge on any atom is 0.126 e. The zero-order valence-electron chi connectivity index (χ0n) is 12.5. The number of nitrogen functional groups attached to an aromatic ring is 1. The van der Waals surface area contributed by atoms with E-state index < -0.39 is 0 Å². The zero-order valence-corrected chi connectivity index (χ0v) is 12.5. The number of nitrogens with one attached hydrogen (secondary N) is 1. The molecule has 4 nitrogen and oxygen atoms in total. The van der Waals surface area contributed by atoms with E-state index in [1.807, 2.05) is 50.4 Å². The third-order valence-corrected chi connectivity index (χ3v) is 3.79. The Kier molecular flexibility index (Phi) is 3.40. The summed E-state index contributed by atoms with van der Waals surface area (Å²) in [4.78, 5) is 4.33. The highest BCUT2D eigenvalue weighted by atomic mass is 14.9. The van der Waals surface area contributed by atoms with E-state index in [0.717, 1.165) is 33.3 Å². The Hall–Kier alpha value is -3.06. The van der Waals surface area contributed by atoms with Gasteiger partial charge in [0.2, 0.25) is 0 Å².